The standard InChI is InChI=1S/C28H30F2N4O3/c1-5-33-17-21(11-14-24(33)35)34-23-13-12-22(15-20(23)16-31-34)37-26(19-9-7-6-8-10-19)25(18(2)3)32-27(36)28(4,29)30/h6-18,25-26H,5H2,1-4H3,(H,32,36)/t25-,26+/m0/s1. The topological polar surface area (TPSA) is 78.2 Å². The Hall–Kier alpha value is -4.01. The number of aromatic nitrogens is 3. The molecule has 4 rings (SSSR count). The van der Waals surface area contributed by atoms with Crippen LogP contribution >= 0.6 is 0 Å². The molecule has 37 heavy (non-hydrogen) atoms. The average molecular weight is 509 g/mol. The first-order valence-electron chi connectivity index (χ1n) is 12.2. The molecule has 7 nitrogen and oxygen atoms in total. The highest BCUT2D eigenvalue weighted by Gasteiger charge is 2.37. The lowest BCUT2D eigenvalue weighted by atomic mass is 9.92. The summed E-state index contributed by atoms with van der Waals surface area (Å²) in [4.78, 5) is 24.2. The van der Waals surface area contributed by atoms with Crippen LogP contribution in [0.15, 0.2) is 77.9 Å². The Kier molecular flexibility index (Phi) is 7.42. The van der Waals surface area contributed by atoms with Gasteiger partial charge < -0.3 is 14.6 Å². The van der Waals surface area contributed by atoms with Crippen LogP contribution in [0.2, 0.25) is 0 Å². The quantitative estimate of drug-likeness (QED) is 0.340. The second-order valence-corrected chi connectivity index (χ2v) is 9.37. The van der Waals surface area contributed by atoms with E-state index in [9.17, 15) is 18.4 Å². The Bertz CT molecular complexity index is 1440. The molecular weight excluding hydrogens is 478 g/mol. The second kappa shape index (κ2) is 10.5. The van der Waals surface area contributed by atoms with Crippen molar-refractivity contribution in [3.63, 3.8) is 0 Å². The minimum absolute atomic E-state index is 0.0852. The molecule has 1 amide bonds. The molecule has 9 heteroatoms. The maximum absolute atomic E-state index is 13.7. The minimum Gasteiger partial charge on any atom is -0.484 e. The molecule has 194 valence electrons. The van der Waals surface area contributed by atoms with Crippen molar-refractivity contribution in [1.82, 2.24) is 19.7 Å². The number of pyridine rings is 1. The maximum atomic E-state index is 13.7. The summed E-state index contributed by atoms with van der Waals surface area (Å²) < 4.78 is 37.2. The van der Waals surface area contributed by atoms with Crippen LogP contribution in [-0.2, 0) is 11.3 Å². The zero-order valence-electron chi connectivity index (χ0n) is 21.2. The number of halogens is 2. The summed E-state index contributed by atoms with van der Waals surface area (Å²) in [6, 6.07) is 17.2. The van der Waals surface area contributed by atoms with E-state index in [1.54, 1.807) is 33.8 Å². The first-order valence-corrected chi connectivity index (χ1v) is 12.2. The van der Waals surface area contributed by atoms with Gasteiger partial charge in [0.2, 0.25) is 0 Å². The van der Waals surface area contributed by atoms with Gasteiger partial charge in [-0.15, -0.1) is 0 Å². The Morgan fingerprint density at radius 3 is 2.49 bits per heavy atom. The number of carbonyl (C=O) groups is 1. The number of hydrogen-bond donors (Lipinski definition) is 1. The molecule has 0 fully saturated rings. The van der Waals surface area contributed by atoms with Gasteiger partial charge in [0.1, 0.15) is 11.9 Å². The van der Waals surface area contributed by atoms with Gasteiger partial charge in [0.15, 0.2) is 0 Å². The number of alkyl halides is 2. The van der Waals surface area contributed by atoms with Gasteiger partial charge in [-0.3, -0.25) is 9.59 Å². The van der Waals surface area contributed by atoms with Crippen molar-refractivity contribution in [3.05, 3.63) is 89.0 Å². The lowest BCUT2D eigenvalue weighted by molar-refractivity contribution is -0.145. The summed E-state index contributed by atoms with van der Waals surface area (Å²) in [7, 11) is 0. The predicted octanol–water partition coefficient (Wildman–Crippen LogP) is 5.12. The van der Waals surface area contributed by atoms with Crippen molar-refractivity contribution >= 4 is 16.8 Å². The molecule has 0 saturated heterocycles. The number of fused-ring (bicyclic) bond motifs is 1. The van der Waals surface area contributed by atoms with Crippen LogP contribution in [0.25, 0.3) is 16.6 Å². The molecule has 0 unspecified atom stereocenters. The largest absolute Gasteiger partial charge is 0.484 e. The molecule has 0 radical (unpaired) electrons. The molecule has 4 aromatic rings. The third-order valence-corrected chi connectivity index (χ3v) is 6.22. The van der Waals surface area contributed by atoms with E-state index in [-0.39, 0.29) is 11.5 Å². The Morgan fingerprint density at radius 2 is 1.84 bits per heavy atom. The summed E-state index contributed by atoms with van der Waals surface area (Å²) in [6.45, 7) is 6.72. The molecule has 0 bridgehead atoms. The van der Waals surface area contributed by atoms with Crippen LogP contribution in [0.1, 0.15) is 39.4 Å². The van der Waals surface area contributed by atoms with Crippen molar-refractivity contribution in [3.8, 4) is 11.4 Å². The molecule has 2 atom stereocenters. The molecule has 0 aliphatic carbocycles. The summed E-state index contributed by atoms with van der Waals surface area (Å²) in [5, 5.41) is 7.77. The molecule has 0 aliphatic heterocycles. The summed E-state index contributed by atoms with van der Waals surface area (Å²) in [6.07, 6.45) is 2.73. The number of rotatable bonds is 9. The van der Waals surface area contributed by atoms with Crippen molar-refractivity contribution < 1.29 is 18.3 Å². The molecule has 1 N–H and O–H groups in total. The first kappa shape index (κ1) is 26.1. The van der Waals surface area contributed by atoms with Crippen LogP contribution in [0, 0.1) is 5.92 Å². The van der Waals surface area contributed by atoms with Gasteiger partial charge in [-0.05, 0) is 42.7 Å². The van der Waals surface area contributed by atoms with E-state index in [4.69, 9.17) is 4.74 Å². The lowest BCUT2D eigenvalue weighted by Crippen LogP contribution is -2.49. The monoisotopic (exact) mass is 508 g/mol. The van der Waals surface area contributed by atoms with E-state index in [0.717, 1.165) is 22.2 Å². The highest BCUT2D eigenvalue weighted by atomic mass is 19.3. The number of ether oxygens (including phenoxy) is 1. The second-order valence-electron chi connectivity index (χ2n) is 9.37. The molecule has 2 aromatic carbocycles. The van der Waals surface area contributed by atoms with Crippen molar-refractivity contribution in [2.45, 2.75) is 52.3 Å². The molecule has 0 saturated carbocycles. The minimum atomic E-state index is -3.51. The summed E-state index contributed by atoms with van der Waals surface area (Å²) >= 11 is 0. The number of benzene rings is 2. The molecule has 0 spiro atoms. The van der Waals surface area contributed by atoms with E-state index in [1.807, 2.05) is 63.2 Å². The van der Waals surface area contributed by atoms with Crippen molar-refractivity contribution in [1.29, 1.82) is 0 Å². The summed E-state index contributed by atoms with van der Waals surface area (Å²) in [5.74, 6) is -4.55. The van der Waals surface area contributed by atoms with Gasteiger partial charge >= 0.3 is 5.92 Å². The highest BCUT2D eigenvalue weighted by Crippen LogP contribution is 2.31. The maximum Gasteiger partial charge on any atom is 0.321 e. The van der Waals surface area contributed by atoms with E-state index in [0.29, 0.717) is 19.2 Å². The number of amides is 1. The van der Waals surface area contributed by atoms with Gasteiger partial charge in [-0.25, -0.2) is 4.68 Å². The lowest BCUT2D eigenvalue weighted by Gasteiger charge is -2.32. The van der Waals surface area contributed by atoms with Gasteiger partial charge in [-0.1, -0.05) is 44.2 Å². The Morgan fingerprint density at radius 1 is 1.11 bits per heavy atom. The smallest absolute Gasteiger partial charge is 0.321 e. The SMILES string of the molecule is CCn1cc(-n2ncc3cc(O[C@H](c4ccccc4)[C@@H](NC(=O)C(C)(F)F)C(C)C)ccc32)ccc1=O. The van der Waals surface area contributed by atoms with E-state index in [1.165, 1.54) is 6.07 Å². The van der Waals surface area contributed by atoms with Crippen LogP contribution in [-0.4, -0.2) is 32.2 Å². The summed E-state index contributed by atoms with van der Waals surface area (Å²) in [5.41, 5.74) is 2.22. The van der Waals surface area contributed by atoms with Gasteiger partial charge in [0.05, 0.1) is 23.4 Å². The number of hydrogen-bond acceptors (Lipinski definition) is 4. The van der Waals surface area contributed by atoms with E-state index in [2.05, 4.69) is 10.4 Å². The first-order chi connectivity index (χ1) is 17.6. The fraction of sp³-hybridized carbons (Fsp3) is 0.321. The van der Waals surface area contributed by atoms with Crippen LogP contribution in [0.5, 0.6) is 5.75 Å². The normalized spacial score (nSPS) is 13.5. The predicted molar refractivity (Wildman–Crippen MR) is 138 cm³/mol. The highest BCUT2D eigenvalue weighted by molar-refractivity contribution is 5.83. The van der Waals surface area contributed by atoms with Gasteiger partial charge in [0.25, 0.3) is 11.5 Å². The Labute approximate surface area is 213 Å². The number of nitrogens with zero attached hydrogens (tertiary/aromatic N) is 3. The number of aryl methyl sites for hydroxylation is 1. The van der Waals surface area contributed by atoms with Crippen molar-refractivity contribution in [2.24, 2.45) is 5.92 Å². The third kappa shape index (κ3) is 5.71. The zero-order valence-corrected chi connectivity index (χ0v) is 21.2. The van der Waals surface area contributed by atoms with Crippen LogP contribution < -0.4 is 15.6 Å². The van der Waals surface area contributed by atoms with Crippen molar-refractivity contribution in [2.75, 3.05) is 0 Å². The van der Waals surface area contributed by atoms with Gasteiger partial charge in [-0.2, -0.15) is 13.9 Å². The molecular formula is C28H30F2N4O3. The van der Waals surface area contributed by atoms with Crippen LogP contribution in [0.3, 0.4) is 0 Å². The molecule has 2 aromatic heterocycles. The van der Waals surface area contributed by atoms with E-state index >= 15 is 0 Å². The molecule has 0 aliphatic rings. The fourth-order valence-electron chi connectivity index (χ4n) is 4.19. The van der Waals surface area contributed by atoms with E-state index < -0.39 is 24.0 Å². The number of carbonyl (C=O) groups excluding carboxylic acids is 1. The number of nitrogens with one attached hydrogen (secondary N) is 1. The Balaban J connectivity index is 1.69. The average Bonchev–Trinajstić information content (AvgIpc) is 3.29. The van der Waals surface area contributed by atoms with Crippen LogP contribution in [0.4, 0.5) is 8.78 Å². The third-order valence-electron chi connectivity index (χ3n) is 6.22. The fourth-order valence-corrected chi connectivity index (χ4v) is 4.19. The zero-order chi connectivity index (χ0) is 26.7. The van der Waals surface area contributed by atoms with Gasteiger partial charge in [0, 0.05) is 31.1 Å². The molecule has 2 heterocycles.